The normalized spacial score (nSPS) is 29.7. The van der Waals surface area contributed by atoms with E-state index in [1.165, 1.54) is 18.6 Å². The topological polar surface area (TPSA) is 38.0 Å². The van der Waals surface area contributed by atoms with Gasteiger partial charge in [0.15, 0.2) is 0 Å². The fraction of sp³-hybridized carbons (Fsp3) is 0.571. The van der Waals surface area contributed by atoms with Crippen molar-refractivity contribution in [2.45, 2.75) is 37.9 Å². The Morgan fingerprint density at radius 3 is 2.53 bits per heavy atom. The minimum absolute atomic E-state index is 0.144. The number of anilines is 2. The lowest BCUT2D eigenvalue weighted by Crippen LogP contribution is -2.27. The summed E-state index contributed by atoms with van der Waals surface area (Å²) >= 11 is 0. The Morgan fingerprint density at radius 1 is 1.16 bits per heavy atom. The van der Waals surface area contributed by atoms with E-state index in [4.69, 9.17) is 5.73 Å². The highest BCUT2D eigenvalue weighted by Gasteiger charge is 2.41. The van der Waals surface area contributed by atoms with Crippen LogP contribution in [0.15, 0.2) is 18.2 Å². The fourth-order valence-corrected chi connectivity index (χ4v) is 3.54. The molecule has 0 spiro atoms. The maximum Gasteiger partial charge on any atom is 0.418 e. The molecule has 0 heterocycles. The summed E-state index contributed by atoms with van der Waals surface area (Å²) in [7, 11) is 0. The molecule has 5 heteroatoms. The predicted molar refractivity (Wildman–Crippen MR) is 68.7 cm³/mol. The second-order valence-electron chi connectivity index (χ2n) is 5.73. The number of nitrogens with two attached hydrogens (primary N) is 1. The molecule has 3 unspecified atom stereocenters. The first-order chi connectivity index (χ1) is 8.93. The van der Waals surface area contributed by atoms with Crippen LogP contribution in [0.25, 0.3) is 0 Å². The first-order valence-corrected chi connectivity index (χ1v) is 6.67. The van der Waals surface area contributed by atoms with E-state index in [9.17, 15) is 13.2 Å². The van der Waals surface area contributed by atoms with Gasteiger partial charge in [-0.05, 0) is 49.3 Å². The average molecular weight is 270 g/mol. The fourth-order valence-electron chi connectivity index (χ4n) is 3.54. The minimum Gasteiger partial charge on any atom is -0.399 e. The molecular formula is C14H17F3N2. The van der Waals surface area contributed by atoms with Gasteiger partial charge in [0.25, 0.3) is 0 Å². The van der Waals surface area contributed by atoms with E-state index >= 15 is 0 Å². The molecule has 0 amide bonds. The summed E-state index contributed by atoms with van der Waals surface area (Å²) in [6.07, 6.45) is 0.158. The van der Waals surface area contributed by atoms with E-state index in [0.717, 1.165) is 25.3 Å². The molecule has 1 aromatic carbocycles. The Morgan fingerprint density at radius 2 is 1.95 bits per heavy atom. The second kappa shape index (κ2) is 4.32. The number of rotatable bonds is 2. The number of halogens is 3. The number of fused-ring (bicyclic) bond motifs is 2. The molecule has 104 valence electrons. The van der Waals surface area contributed by atoms with Crippen LogP contribution in [0, 0.1) is 11.8 Å². The lowest BCUT2D eigenvalue weighted by molar-refractivity contribution is -0.136. The van der Waals surface area contributed by atoms with E-state index in [1.54, 1.807) is 0 Å². The molecule has 19 heavy (non-hydrogen) atoms. The van der Waals surface area contributed by atoms with Gasteiger partial charge < -0.3 is 11.1 Å². The first-order valence-electron chi connectivity index (χ1n) is 6.67. The third-order valence-corrected chi connectivity index (χ3v) is 4.43. The third-order valence-electron chi connectivity index (χ3n) is 4.43. The molecule has 0 radical (unpaired) electrons. The summed E-state index contributed by atoms with van der Waals surface area (Å²) in [5, 5.41) is 3.10. The average Bonchev–Trinajstić information content (AvgIpc) is 2.92. The van der Waals surface area contributed by atoms with E-state index in [0.29, 0.717) is 11.8 Å². The summed E-state index contributed by atoms with van der Waals surface area (Å²) in [5.74, 6) is 1.23. The number of nitrogens with one attached hydrogen (secondary N) is 1. The summed E-state index contributed by atoms with van der Waals surface area (Å²) < 4.78 is 39.0. The highest BCUT2D eigenvalue weighted by Crippen LogP contribution is 2.46. The van der Waals surface area contributed by atoms with Gasteiger partial charge in [0.1, 0.15) is 0 Å². The summed E-state index contributed by atoms with van der Waals surface area (Å²) in [6.45, 7) is 0. The summed E-state index contributed by atoms with van der Waals surface area (Å²) in [5.41, 5.74) is 5.12. The number of nitrogen functional groups attached to an aromatic ring is 1. The van der Waals surface area contributed by atoms with Crippen molar-refractivity contribution in [2.24, 2.45) is 11.8 Å². The van der Waals surface area contributed by atoms with Crippen LogP contribution in [0.5, 0.6) is 0 Å². The van der Waals surface area contributed by atoms with Gasteiger partial charge in [0.2, 0.25) is 0 Å². The van der Waals surface area contributed by atoms with Crippen LogP contribution in [0.4, 0.5) is 24.5 Å². The zero-order valence-electron chi connectivity index (χ0n) is 10.5. The van der Waals surface area contributed by atoms with Gasteiger partial charge in [-0.2, -0.15) is 13.2 Å². The van der Waals surface area contributed by atoms with Gasteiger partial charge in [-0.3, -0.25) is 0 Å². The van der Waals surface area contributed by atoms with E-state index in [-0.39, 0.29) is 17.4 Å². The van der Waals surface area contributed by atoms with Crippen molar-refractivity contribution in [3.8, 4) is 0 Å². The monoisotopic (exact) mass is 270 g/mol. The first kappa shape index (κ1) is 12.6. The SMILES string of the molecule is Nc1ccc(NC2CC3CCC2C3)c(C(F)(F)F)c1. The quantitative estimate of drug-likeness (QED) is 0.800. The highest BCUT2D eigenvalue weighted by molar-refractivity contribution is 5.59. The molecule has 2 saturated carbocycles. The molecule has 2 nitrogen and oxygen atoms in total. The number of hydrogen-bond acceptors (Lipinski definition) is 2. The van der Waals surface area contributed by atoms with Gasteiger partial charge in [-0.1, -0.05) is 6.42 Å². The van der Waals surface area contributed by atoms with Crippen LogP contribution in [-0.2, 0) is 6.18 Å². The molecule has 2 bridgehead atoms. The van der Waals surface area contributed by atoms with Gasteiger partial charge in [0, 0.05) is 17.4 Å². The van der Waals surface area contributed by atoms with Crippen LogP contribution in [0.3, 0.4) is 0 Å². The van der Waals surface area contributed by atoms with E-state index < -0.39 is 11.7 Å². The summed E-state index contributed by atoms with van der Waals surface area (Å²) in [4.78, 5) is 0. The molecule has 1 aromatic rings. The van der Waals surface area contributed by atoms with E-state index in [2.05, 4.69) is 5.32 Å². The second-order valence-corrected chi connectivity index (χ2v) is 5.73. The lowest BCUT2D eigenvalue weighted by atomic mass is 9.95. The van der Waals surface area contributed by atoms with Crippen LogP contribution >= 0.6 is 0 Å². The summed E-state index contributed by atoms with van der Waals surface area (Å²) in [6, 6.07) is 4.16. The van der Waals surface area contributed by atoms with Crippen LogP contribution in [0.2, 0.25) is 0 Å². The lowest BCUT2D eigenvalue weighted by Gasteiger charge is -2.26. The van der Waals surface area contributed by atoms with Crippen molar-refractivity contribution in [3.63, 3.8) is 0 Å². The van der Waals surface area contributed by atoms with Gasteiger partial charge in [0.05, 0.1) is 5.56 Å². The van der Waals surface area contributed by atoms with Gasteiger partial charge in [-0.15, -0.1) is 0 Å². The zero-order valence-corrected chi connectivity index (χ0v) is 10.5. The van der Waals surface area contributed by atoms with Crippen molar-refractivity contribution in [3.05, 3.63) is 23.8 Å². The van der Waals surface area contributed by atoms with Gasteiger partial charge in [-0.25, -0.2) is 0 Å². The van der Waals surface area contributed by atoms with Crippen molar-refractivity contribution in [1.82, 2.24) is 0 Å². The van der Waals surface area contributed by atoms with Crippen LogP contribution < -0.4 is 11.1 Å². The van der Waals surface area contributed by atoms with Crippen molar-refractivity contribution in [2.75, 3.05) is 11.1 Å². The molecule has 3 rings (SSSR count). The Labute approximate surface area is 110 Å². The zero-order chi connectivity index (χ0) is 13.6. The molecule has 3 N–H and O–H groups in total. The minimum atomic E-state index is -4.37. The Bertz CT molecular complexity index is 484. The smallest absolute Gasteiger partial charge is 0.399 e. The molecule has 0 aliphatic heterocycles. The molecule has 0 aromatic heterocycles. The van der Waals surface area contributed by atoms with Crippen LogP contribution in [0.1, 0.15) is 31.2 Å². The van der Waals surface area contributed by atoms with Gasteiger partial charge >= 0.3 is 6.18 Å². The number of benzene rings is 1. The van der Waals surface area contributed by atoms with Crippen molar-refractivity contribution in [1.29, 1.82) is 0 Å². The van der Waals surface area contributed by atoms with Crippen LogP contribution in [-0.4, -0.2) is 6.04 Å². The molecule has 2 aliphatic carbocycles. The Hall–Kier alpha value is -1.39. The number of alkyl halides is 3. The molecular weight excluding hydrogens is 253 g/mol. The molecule has 2 fully saturated rings. The standard InChI is InChI=1S/C14H17F3N2/c15-14(16,17)11-7-10(18)3-4-12(11)19-13-6-8-1-2-9(13)5-8/h3-4,7-9,13,19H,1-2,5-6,18H2. The Balaban J connectivity index is 1.84. The Kier molecular flexibility index (Phi) is 2.87. The van der Waals surface area contributed by atoms with E-state index in [1.807, 2.05) is 0 Å². The highest BCUT2D eigenvalue weighted by atomic mass is 19.4. The molecule has 3 atom stereocenters. The predicted octanol–water partition coefficient (Wildman–Crippen LogP) is 3.89. The maximum atomic E-state index is 13.0. The molecule has 0 saturated heterocycles. The third kappa shape index (κ3) is 2.38. The maximum absolute atomic E-state index is 13.0. The van der Waals surface area contributed by atoms with Crippen molar-refractivity contribution >= 4 is 11.4 Å². The van der Waals surface area contributed by atoms with Crippen molar-refractivity contribution < 1.29 is 13.2 Å². The largest absolute Gasteiger partial charge is 0.418 e. The number of hydrogen-bond donors (Lipinski definition) is 2. The molecule has 2 aliphatic rings.